The Morgan fingerprint density at radius 1 is 1.30 bits per heavy atom. The van der Waals surface area contributed by atoms with Crippen LogP contribution in [0.2, 0.25) is 0 Å². The smallest absolute Gasteiger partial charge is 0.324 e. The van der Waals surface area contributed by atoms with E-state index >= 15 is 0 Å². The van der Waals surface area contributed by atoms with E-state index in [1.54, 1.807) is 13.0 Å². The summed E-state index contributed by atoms with van der Waals surface area (Å²) in [5.74, 6) is 0.0637. The van der Waals surface area contributed by atoms with E-state index in [9.17, 15) is 13.2 Å². The quantitative estimate of drug-likeness (QED) is 0.784. The van der Waals surface area contributed by atoms with Crippen molar-refractivity contribution in [2.75, 3.05) is 20.3 Å². The van der Waals surface area contributed by atoms with Crippen LogP contribution in [0, 0.1) is 5.92 Å². The van der Waals surface area contributed by atoms with Crippen LogP contribution in [0.4, 0.5) is 0 Å². The molecule has 0 fully saturated rings. The number of hydrogen-bond acceptors (Lipinski definition) is 6. The zero-order chi connectivity index (χ0) is 17.0. The number of sulfonamides is 1. The molecule has 7 nitrogen and oxygen atoms in total. The van der Waals surface area contributed by atoms with Crippen molar-refractivity contribution in [2.45, 2.75) is 31.2 Å². The molecule has 1 aromatic carbocycles. The number of methoxy groups -OCH3 is 1. The molecule has 2 rings (SSSR count). The third-order valence-electron chi connectivity index (χ3n) is 3.77. The fourth-order valence-electron chi connectivity index (χ4n) is 2.19. The molecule has 0 radical (unpaired) electrons. The van der Waals surface area contributed by atoms with Gasteiger partial charge in [0.25, 0.3) is 0 Å². The fourth-order valence-corrected chi connectivity index (χ4v) is 3.49. The van der Waals surface area contributed by atoms with Gasteiger partial charge < -0.3 is 14.2 Å². The molecule has 0 bridgehead atoms. The van der Waals surface area contributed by atoms with E-state index in [0.29, 0.717) is 31.1 Å². The highest BCUT2D eigenvalue weighted by Crippen LogP contribution is 2.32. The Labute approximate surface area is 136 Å². The van der Waals surface area contributed by atoms with E-state index in [1.807, 2.05) is 6.92 Å². The van der Waals surface area contributed by atoms with Gasteiger partial charge in [-0.3, -0.25) is 4.79 Å². The molecular weight excluding hydrogens is 322 g/mol. The lowest BCUT2D eigenvalue weighted by Crippen LogP contribution is -2.45. The van der Waals surface area contributed by atoms with Crippen molar-refractivity contribution in [3.63, 3.8) is 0 Å². The van der Waals surface area contributed by atoms with Gasteiger partial charge in [0.05, 0.1) is 12.0 Å². The van der Waals surface area contributed by atoms with Crippen LogP contribution < -0.4 is 14.2 Å². The predicted molar refractivity (Wildman–Crippen MR) is 83.0 cm³/mol. The fraction of sp³-hybridized carbons (Fsp3) is 0.533. The van der Waals surface area contributed by atoms with Crippen LogP contribution in [0.5, 0.6) is 11.5 Å². The minimum atomic E-state index is -3.89. The molecule has 0 aromatic heterocycles. The molecule has 2 atom stereocenters. The summed E-state index contributed by atoms with van der Waals surface area (Å²) < 4.78 is 43.0. The van der Waals surface area contributed by atoms with Crippen LogP contribution in [0.15, 0.2) is 23.1 Å². The lowest BCUT2D eigenvalue weighted by Gasteiger charge is -2.22. The number of benzene rings is 1. The van der Waals surface area contributed by atoms with Crippen molar-refractivity contribution >= 4 is 16.0 Å². The van der Waals surface area contributed by atoms with Gasteiger partial charge in [0.15, 0.2) is 11.5 Å². The number of nitrogens with one attached hydrogen (secondary N) is 1. The first kappa shape index (κ1) is 17.6. The maximum absolute atomic E-state index is 12.6. The first-order valence-corrected chi connectivity index (χ1v) is 8.87. The van der Waals surface area contributed by atoms with Crippen LogP contribution in [-0.2, 0) is 19.6 Å². The molecule has 0 amide bonds. The predicted octanol–water partition coefficient (Wildman–Crippen LogP) is 1.32. The molecule has 1 N–H and O–H groups in total. The summed E-state index contributed by atoms with van der Waals surface area (Å²) in [6.45, 7) is 4.45. The van der Waals surface area contributed by atoms with Crippen molar-refractivity contribution in [2.24, 2.45) is 5.92 Å². The highest BCUT2D eigenvalue weighted by atomic mass is 32.2. The van der Waals surface area contributed by atoms with E-state index in [4.69, 9.17) is 14.2 Å². The Hall–Kier alpha value is -1.80. The second-order valence-electron chi connectivity index (χ2n) is 5.31. The maximum atomic E-state index is 12.6. The Bertz CT molecular complexity index is 673. The number of ether oxygens (including phenoxy) is 3. The minimum Gasteiger partial charge on any atom is -0.486 e. The van der Waals surface area contributed by atoms with Crippen molar-refractivity contribution in [1.29, 1.82) is 0 Å². The molecule has 0 aliphatic carbocycles. The van der Waals surface area contributed by atoms with E-state index in [1.165, 1.54) is 19.2 Å². The van der Waals surface area contributed by atoms with Crippen LogP contribution >= 0.6 is 0 Å². The lowest BCUT2D eigenvalue weighted by atomic mass is 10.0. The third kappa shape index (κ3) is 3.94. The van der Waals surface area contributed by atoms with Crippen LogP contribution in [0.3, 0.4) is 0 Å². The molecule has 1 aromatic rings. The summed E-state index contributed by atoms with van der Waals surface area (Å²) in [5.41, 5.74) is 0. The molecule has 0 unspecified atom stereocenters. The zero-order valence-electron chi connectivity index (χ0n) is 13.4. The van der Waals surface area contributed by atoms with Gasteiger partial charge in [-0.25, -0.2) is 8.42 Å². The summed E-state index contributed by atoms with van der Waals surface area (Å²) >= 11 is 0. The summed E-state index contributed by atoms with van der Waals surface area (Å²) in [5, 5.41) is 0. The molecule has 8 heteroatoms. The summed E-state index contributed by atoms with van der Waals surface area (Å²) in [7, 11) is -2.66. The lowest BCUT2D eigenvalue weighted by molar-refractivity contribution is -0.143. The Morgan fingerprint density at radius 3 is 2.57 bits per heavy atom. The van der Waals surface area contributed by atoms with Gasteiger partial charge in [0.2, 0.25) is 10.0 Å². The molecule has 128 valence electrons. The normalized spacial score (nSPS) is 16.5. The zero-order valence-corrected chi connectivity index (χ0v) is 14.2. The molecule has 1 aliphatic heterocycles. The van der Waals surface area contributed by atoms with Crippen LogP contribution in [-0.4, -0.2) is 40.8 Å². The first-order chi connectivity index (χ1) is 10.9. The largest absolute Gasteiger partial charge is 0.486 e. The number of carbonyl (C=O) groups excluding carboxylic acids is 1. The van der Waals surface area contributed by atoms with E-state index in [0.717, 1.165) is 0 Å². The number of esters is 1. The van der Waals surface area contributed by atoms with Gasteiger partial charge in [0, 0.05) is 6.07 Å². The molecule has 0 saturated heterocycles. The average Bonchev–Trinajstić information content (AvgIpc) is 2.57. The Kier molecular flexibility index (Phi) is 5.48. The number of fused-ring (bicyclic) bond motifs is 1. The number of hydrogen-bond donors (Lipinski definition) is 1. The minimum absolute atomic E-state index is 0.0129. The van der Waals surface area contributed by atoms with Gasteiger partial charge in [-0.2, -0.15) is 4.72 Å². The van der Waals surface area contributed by atoms with Gasteiger partial charge in [-0.15, -0.1) is 0 Å². The highest BCUT2D eigenvalue weighted by Gasteiger charge is 2.31. The third-order valence-corrected chi connectivity index (χ3v) is 5.21. The Balaban J connectivity index is 2.28. The second kappa shape index (κ2) is 7.18. The highest BCUT2D eigenvalue weighted by molar-refractivity contribution is 7.89. The molecule has 0 saturated carbocycles. The van der Waals surface area contributed by atoms with Crippen molar-refractivity contribution in [3.05, 3.63) is 18.2 Å². The molecular formula is C15H21NO6S. The van der Waals surface area contributed by atoms with Gasteiger partial charge in [0.1, 0.15) is 19.3 Å². The SMILES string of the molecule is CC[C@H](C)[C@H](NS(=O)(=O)c1ccc2c(c1)OCCO2)C(=O)OC. The second-order valence-corrected chi connectivity index (χ2v) is 7.03. The molecule has 0 spiro atoms. The number of rotatable bonds is 6. The summed E-state index contributed by atoms with van der Waals surface area (Å²) in [4.78, 5) is 11.9. The van der Waals surface area contributed by atoms with Crippen LogP contribution in [0.1, 0.15) is 20.3 Å². The van der Waals surface area contributed by atoms with E-state index < -0.39 is 22.0 Å². The van der Waals surface area contributed by atoms with E-state index in [-0.39, 0.29) is 10.8 Å². The first-order valence-electron chi connectivity index (χ1n) is 7.39. The summed E-state index contributed by atoms with van der Waals surface area (Å²) in [6, 6.07) is 3.41. The van der Waals surface area contributed by atoms with Crippen molar-refractivity contribution in [3.8, 4) is 11.5 Å². The van der Waals surface area contributed by atoms with Crippen LogP contribution in [0.25, 0.3) is 0 Å². The van der Waals surface area contributed by atoms with Gasteiger partial charge >= 0.3 is 5.97 Å². The van der Waals surface area contributed by atoms with Gasteiger partial charge in [-0.05, 0) is 18.1 Å². The molecule has 1 heterocycles. The van der Waals surface area contributed by atoms with Crippen molar-refractivity contribution in [1.82, 2.24) is 4.72 Å². The van der Waals surface area contributed by atoms with Crippen molar-refractivity contribution < 1.29 is 27.4 Å². The summed E-state index contributed by atoms with van der Waals surface area (Å²) in [6.07, 6.45) is 0.628. The molecule has 23 heavy (non-hydrogen) atoms. The topological polar surface area (TPSA) is 90.9 Å². The Morgan fingerprint density at radius 2 is 1.96 bits per heavy atom. The van der Waals surface area contributed by atoms with E-state index in [2.05, 4.69) is 4.72 Å². The molecule has 1 aliphatic rings. The monoisotopic (exact) mass is 343 g/mol. The van der Waals surface area contributed by atoms with Gasteiger partial charge in [-0.1, -0.05) is 20.3 Å². The standard InChI is InChI=1S/C15H21NO6S/c1-4-10(2)14(15(17)20-3)16-23(18,19)11-5-6-12-13(9-11)22-8-7-21-12/h5-6,9-10,14,16H,4,7-8H2,1-3H3/t10-,14-/m0/s1. The number of carbonyl (C=O) groups is 1. The average molecular weight is 343 g/mol. The maximum Gasteiger partial charge on any atom is 0.324 e.